The lowest BCUT2D eigenvalue weighted by atomic mass is 10.0. The molecule has 6 heteroatoms. The maximum Gasteiger partial charge on any atom is 0.124 e. The van der Waals surface area contributed by atoms with Crippen molar-refractivity contribution < 1.29 is 4.39 Å². The van der Waals surface area contributed by atoms with E-state index >= 15 is 0 Å². The van der Waals surface area contributed by atoms with E-state index in [9.17, 15) is 4.39 Å². The Morgan fingerprint density at radius 1 is 1.32 bits per heavy atom. The molecule has 0 saturated heterocycles. The Bertz CT molecular complexity index is 561. The molecule has 0 amide bonds. The lowest BCUT2D eigenvalue weighted by molar-refractivity contribution is 0.525. The topological polar surface area (TPSA) is 38.0 Å². The van der Waals surface area contributed by atoms with Crippen molar-refractivity contribution in [2.45, 2.75) is 18.9 Å². The van der Waals surface area contributed by atoms with Crippen LogP contribution >= 0.6 is 38.9 Å². The van der Waals surface area contributed by atoms with Crippen LogP contribution in [0.25, 0.3) is 0 Å². The van der Waals surface area contributed by atoms with Gasteiger partial charge in [0, 0.05) is 15.9 Å². The fraction of sp³-hybridized carbons (Fsp3) is 0.231. The average Bonchev–Trinajstić information content (AvgIpc) is 2.77. The first-order valence-electron chi connectivity index (χ1n) is 5.72. The lowest BCUT2D eigenvalue weighted by Crippen LogP contribution is -2.38. The molecule has 0 aliphatic rings. The molecule has 0 spiro atoms. The number of nitrogens with two attached hydrogens (primary N) is 1. The number of hydrazine groups is 1. The van der Waals surface area contributed by atoms with E-state index in [0.717, 1.165) is 15.8 Å². The van der Waals surface area contributed by atoms with Crippen LogP contribution in [-0.4, -0.2) is 6.04 Å². The van der Waals surface area contributed by atoms with Gasteiger partial charge in [-0.15, -0.1) is 11.3 Å². The summed E-state index contributed by atoms with van der Waals surface area (Å²) in [6, 6.07) is 8.58. The van der Waals surface area contributed by atoms with Crippen LogP contribution in [0, 0.1) is 5.82 Å². The lowest BCUT2D eigenvalue weighted by Gasteiger charge is -2.16. The molecule has 2 aromatic rings. The highest BCUT2D eigenvalue weighted by atomic mass is 79.9. The number of thiophene rings is 1. The van der Waals surface area contributed by atoms with E-state index in [1.807, 2.05) is 6.07 Å². The van der Waals surface area contributed by atoms with E-state index in [2.05, 4.69) is 27.4 Å². The summed E-state index contributed by atoms with van der Waals surface area (Å²) in [5, 5.41) is 0.438. The first-order valence-corrected chi connectivity index (χ1v) is 7.71. The number of halogens is 3. The van der Waals surface area contributed by atoms with Gasteiger partial charge in [-0.1, -0.05) is 17.7 Å². The zero-order valence-electron chi connectivity index (χ0n) is 10.00. The van der Waals surface area contributed by atoms with E-state index in [1.165, 1.54) is 17.0 Å². The highest BCUT2D eigenvalue weighted by Crippen LogP contribution is 2.25. The normalized spacial score (nSPS) is 12.6. The molecule has 0 saturated carbocycles. The summed E-state index contributed by atoms with van der Waals surface area (Å²) in [4.78, 5) is 1.23. The number of hydrogen-bond donors (Lipinski definition) is 2. The zero-order valence-corrected chi connectivity index (χ0v) is 13.2. The first kappa shape index (κ1) is 14.9. The molecule has 3 N–H and O–H groups in total. The van der Waals surface area contributed by atoms with Gasteiger partial charge in [-0.3, -0.25) is 11.3 Å². The number of nitrogens with one attached hydrogen (secondary N) is 1. The van der Waals surface area contributed by atoms with Crippen molar-refractivity contribution in [1.29, 1.82) is 0 Å². The third kappa shape index (κ3) is 4.26. The standard InChI is InChI=1S/C13H13BrClFN2S/c14-13-4-3-11(19-13)7-10(18-17)5-8-1-2-9(16)6-12(8)15/h1-4,6,10,18H,5,7,17H2. The Labute approximate surface area is 128 Å². The molecule has 0 radical (unpaired) electrons. The van der Waals surface area contributed by atoms with Crippen molar-refractivity contribution in [3.63, 3.8) is 0 Å². The van der Waals surface area contributed by atoms with Gasteiger partial charge in [0.2, 0.25) is 0 Å². The fourth-order valence-electron chi connectivity index (χ4n) is 1.85. The molecular formula is C13H13BrClFN2S. The minimum absolute atomic E-state index is 0.0634. The number of hydrogen-bond acceptors (Lipinski definition) is 3. The molecular weight excluding hydrogens is 351 g/mol. The Hall–Kier alpha value is -0.460. The van der Waals surface area contributed by atoms with Gasteiger partial charge in [0.05, 0.1) is 3.79 Å². The second-order valence-electron chi connectivity index (χ2n) is 4.21. The minimum atomic E-state index is -0.326. The summed E-state index contributed by atoms with van der Waals surface area (Å²) in [6.07, 6.45) is 1.46. The van der Waals surface area contributed by atoms with Crippen LogP contribution in [0.2, 0.25) is 5.02 Å². The third-order valence-electron chi connectivity index (χ3n) is 2.79. The summed E-state index contributed by atoms with van der Waals surface area (Å²) < 4.78 is 14.1. The van der Waals surface area contributed by atoms with Crippen LogP contribution in [0.3, 0.4) is 0 Å². The molecule has 0 fully saturated rings. The quantitative estimate of drug-likeness (QED) is 0.624. The second-order valence-corrected chi connectivity index (χ2v) is 7.17. The molecule has 0 bridgehead atoms. The number of benzene rings is 1. The first-order chi connectivity index (χ1) is 9.08. The second kappa shape index (κ2) is 6.81. The molecule has 19 heavy (non-hydrogen) atoms. The molecule has 1 heterocycles. The van der Waals surface area contributed by atoms with Gasteiger partial charge in [-0.25, -0.2) is 4.39 Å². The Kier molecular flexibility index (Phi) is 5.36. The predicted octanol–water partition coefficient (Wildman–Crippen LogP) is 3.92. The summed E-state index contributed by atoms with van der Waals surface area (Å²) in [5.74, 6) is 5.26. The number of rotatable bonds is 5. The Morgan fingerprint density at radius 2 is 2.11 bits per heavy atom. The van der Waals surface area contributed by atoms with Crippen molar-refractivity contribution in [3.8, 4) is 0 Å². The smallest absolute Gasteiger partial charge is 0.124 e. The maximum absolute atomic E-state index is 13.0. The Balaban J connectivity index is 2.06. The summed E-state index contributed by atoms with van der Waals surface area (Å²) >= 11 is 11.1. The zero-order chi connectivity index (χ0) is 13.8. The van der Waals surface area contributed by atoms with Crippen molar-refractivity contribution >= 4 is 38.9 Å². The molecule has 1 atom stereocenters. The highest BCUT2D eigenvalue weighted by Gasteiger charge is 2.12. The van der Waals surface area contributed by atoms with Crippen molar-refractivity contribution in [2.75, 3.05) is 0 Å². The van der Waals surface area contributed by atoms with E-state index in [-0.39, 0.29) is 11.9 Å². The van der Waals surface area contributed by atoms with Gasteiger partial charge < -0.3 is 0 Å². The third-order valence-corrected chi connectivity index (χ3v) is 4.79. The van der Waals surface area contributed by atoms with Crippen LogP contribution in [0.1, 0.15) is 10.4 Å². The minimum Gasteiger partial charge on any atom is -0.271 e. The fourth-order valence-corrected chi connectivity index (χ4v) is 3.65. The van der Waals surface area contributed by atoms with E-state index in [1.54, 1.807) is 17.4 Å². The van der Waals surface area contributed by atoms with Gasteiger partial charge in [-0.05, 0) is 58.6 Å². The molecule has 2 rings (SSSR count). The highest BCUT2D eigenvalue weighted by molar-refractivity contribution is 9.11. The van der Waals surface area contributed by atoms with E-state index in [4.69, 9.17) is 17.4 Å². The maximum atomic E-state index is 13.0. The van der Waals surface area contributed by atoms with Crippen molar-refractivity contribution in [2.24, 2.45) is 5.84 Å². The van der Waals surface area contributed by atoms with Crippen LogP contribution in [0.5, 0.6) is 0 Å². The SMILES string of the molecule is NNC(Cc1ccc(Br)s1)Cc1ccc(F)cc1Cl. The average molecular weight is 364 g/mol. The van der Waals surface area contributed by atoms with Crippen LogP contribution in [0.15, 0.2) is 34.1 Å². The Morgan fingerprint density at radius 3 is 2.68 bits per heavy atom. The predicted molar refractivity (Wildman–Crippen MR) is 81.9 cm³/mol. The summed E-state index contributed by atoms with van der Waals surface area (Å²) in [6.45, 7) is 0. The van der Waals surface area contributed by atoms with Crippen molar-refractivity contribution in [1.82, 2.24) is 5.43 Å². The van der Waals surface area contributed by atoms with Gasteiger partial charge in [0.25, 0.3) is 0 Å². The molecule has 102 valence electrons. The van der Waals surface area contributed by atoms with Crippen LogP contribution in [0.4, 0.5) is 4.39 Å². The van der Waals surface area contributed by atoms with Gasteiger partial charge >= 0.3 is 0 Å². The van der Waals surface area contributed by atoms with Gasteiger partial charge in [0.1, 0.15) is 5.82 Å². The van der Waals surface area contributed by atoms with Crippen LogP contribution in [-0.2, 0) is 12.8 Å². The largest absolute Gasteiger partial charge is 0.271 e. The van der Waals surface area contributed by atoms with Gasteiger partial charge in [0.15, 0.2) is 0 Å². The monoisotopic (exact) mass is 362 g/mol. The molecule has 2 nitrogen and oxygen atoms in total. The van der Waals surface area contributed by atoms with E-state index < -0.39 is 0 Å². The molecule has 1 unspecified atom stereocenters. The molecule has 1 aromatic carbocycles. The van der Waals surface area contributed by atoms with Gasteiger partial charge in [-0.2, -0.15) is 0 Å². The summed E-state index contributed by atoms with van der Waals surface area (Å²) in [7, 11) is 0. The van der Waals surface area contributed by atoms with Crippen molar-refractivity contribution in [3.05, 3.63) is 55.4 Å². The molecule has 1 aromatic heterocycles. The molecule has 0 aliphatic carbocycles. The molecule has 0 aliphatic heterocycles. The van der Waals surface area contributed by atoms with E-state index in [0.29, 0.717) is 11.4 Å². The van der Waals surface area contributed by atoms with Crippen LogP contribution < -0.4 is 11.3 Å². The summed E-state index contributed by atoms with van der Waals surface area (Å²) in [5.41, 5.74) is 3.68.